The number of pyridine rings is 4. The number of hydrogen-bond acceptors (Lipinski definition) is 34. The third-order valence-electron chi connectivity index (χ3n) is 25.4. The number of nitrogens with zero attached hydrogens (tertiary/aromatic N) is 16. The number of aromatic nitrogens is 4. The number of hydrogen-bond donors (Lipinski definition) is 0. The summed E-state index contributed by atoms with van der Waals surface area (Å²) in [5, 5.41) is 44.9. The van der Waals surface area contributed by atoms with Crippen LogP contribution in [0.1, 0.15) is 141 Å². The molecule has 0 N–H and O–H groups in total. The molecule has 2 aromatic carbocycles. The maximum atomic E-state index is 10.1. The van der Waals surface area contributed by atoms with E-state index in [0.717, 1.165) is 314 Å². The average Bonchev–Trinajstić information content (AvgIpc) is 1.16. The van der Waals surface area contributed by atoms with Crippen molar-refractivity contribution in [2.24, 2.45) is 0 Å². The van der Waals surface area contributed by atoms with Crippen LogP contribution in [-0.4, -0.2) is 323 Å². The molecule has 135 heavy (non-hydrogen) atoms. The number of rotatable bonds is 34. The molecule has 734 valence electrons. The molecule has 6 saturated heterocycles. The Balaban J connectivity index is 0.000000153. The van der Waals surface area contributed by atoms with Gasteiger partial charge in [0.25, 0.3) is 0 Å². The van der Waals surface area contributed by atoms with Crippen molar-refractivity contribution in [1.82, 2.24) is 39.5 Å². The van der Waals surface area contributed by atoms with Crippen molar-refractivity contribution in [3.8, 4) is 35.8 Å². The summed E-state index contributed by atoms with van der Waals surface area (Å²) >= 11 is 18.4. The summed E-state index contributed by atoms with van der Waals surface area (Å²) < 4.78 is 79.8. The number of fused-ring (bicyclic) bond motifs is 4. The minimum absolute atomic E-state index is 0.141. The number of piperazine rings is 4. The Morgan fingerprint density at radius 3 is 0.933 bits per heavy atom. The van der Waals surface area contributed by atoms with Gasteiger partial charge in [0.2, 0.25) is 0 Å². The van der Waals surface area contributed by atoms with E-state index < -0.39 is 0 Å². The van der Waals surface area contributed by atoms with Gasteiger partial charge in [0.15, 0.2) is 12.6 Å². The van der Waals surface area contributed by atoms with Gasteiger partial charge in [-0.2, -0.15) is 21.0 Å². The van der Waals surface area contributed by atoms with Crippen LogP contribution < -0.4 is 29.1 Å². The van der Waals surface area contributed by atoms with E-state index in [2.05, 4.69) is 119 Å². The quantitative estimate of drug-likeness (QED) is 0.0268. The molecule has 10 aliphatic heterocycles. The van der Waals surface area contributed by atoms with Crippen LogP contribution in [-0.2, 0) is 109 Å². The molecule has 4 aromatic heterocycles. The predicted octanol–water partition coefficient (Wildman–Crippen LogP) is 14.0. The van der Waals surface area contributed by atoms with Gasteiger partial charge in [-0.3, -0.25) is 19.6 Å². The number of anilines is 4. The van der Waals surface area contributed by atoms with E-state index >= 15 is 0 Å². The van der Waals surface area contributed by atoms with Gasteiger partial charge in [0.1, 0.15) is 79.2 Å². The lowest BCUT2D eigenvalue weighted by Gasteiger charge is -2.39. The van der Waals surface area contributed by atoms with Gasteiger partial charge in [0, 0.05) is 253 Å². The van der Waals surface area contributed by atoms with E-state index in [4.69, 9.17) is 109 Å². The fourth-order valence-corrected chi connectivity index (χ4v) is 21.8. The van der Waals surface area contributed by atoms with Crippen molar-refractivity contribution in [2.45, 2.75) is 182 Å². The summed E-state index contributed by atoms with van der Waals surface area (Å²) in [6.07, 6.45) is 5.07. The van der Waals surface area contributed by atoms with Crippen LogP contribution in [0.3, 0.4) is 0 Å². The zero-order valence-corrected chi connectivity index (χ0v) is 85.6. The summed E-state index contributed by atoms with van der Waals surface area (Å²) in [4.78, 5) is 39.3. The van der Waals surface area contributed by atoms with Crippen LogP contribution in [0.5, 0.6) is 11.5 Å². The first-order chi connectivity index (χ1) is 65.3. The van der Waals surface area contributed by atoms with Crippen molar-refractivity contribution in [3.63, 3.8) is 0 Å². The van der Waals surface area contributed by atoms with E-state index in [1.165, 1.54) is 0 Å². The second-order valence-electron chi connectivity index (χ2n) is 37.2. The lowest BCUT2D eigenvalue weighted by molar-refractivity contribution is -0.178. The van der Waals surface area contributed by atoms with Crippen molar-refractivity contribution in [1.29, 1.82) is 21.0 Å². The summed E-state index contributed by atoms with van der Waals surface area (Å²) in [7, 11) is 6.97. The second-order valence-corrected chi connectivity index (χ2v) is 42.4. The summed E-state index contributed by atoms with van der Waals surface area (Å²) in [6, 6.07) is 24.6. The molecule has 0 radical (unpaired) electrons. The topological polar surface area (TPSA) is 302 Å². The molecule has 0 atom stereocenters. The van der Waals surface area contributed by atoms with E-state index in [1.807, 2.05) is 42.5 Å². The Labute approximate surface area is 825 Å². The number of benzene rings is 2. The van der Waals surface area contributed by atoms with E-state index in [9.17, 15) is 21.0 Å². The van der Waals surface area contributed by atoms with Gasteiger partial charge in [-0.1, -0.05) is 29.3 Å². The molecule has 36 heteroatoms. The van der Waals surface area contributed by atoms with Crippen LogP contribution >= 0.6 is 70.2 Å². The first-order valence-corrected chi connectivity index (χ1v) is 52.0. The Kier molecular flexibility index (Phi) is 40.3. The number of ether oxygens (including phenoxy) is 14. The Bertz CT molecular complexity index is 5020. The highest BCUT2D eigenvalue weighted by Gasteiger charge is 2.40. The van der Waals surface area contributed by atoms with Gasteiger partial charge < -0.3 is 85.9 Å². The van der Waals surface area contributed by atoms with E-state index in [0.29, 0.717) is 110 Å². The molecule has 0 spiro atoms. The molecule has 30 nitrogen and oxygen atoms in total. The number of nitriles is 4. The first kappa shape index (κ1) is 105. The standard InChI is InChI=1S/2C26H33ClN4O3S.C24H36N4O4S.C23H34N4O4S/c1-26(2)16-21-22(17-28)25(35-15-14-33-20-6-4-19(27)5-7-20)29-24(23(21)18-34-26)31-10-8-30(9-11-31)12-13-32-3;1-26(2)16-21-22(17-28)25(35-14-13-33-20-6-4-5-19(27)15-20)29-24(23(21)18-34-26)31-9-7-30(8-10-31)11-12-32-3;1-24(2)15-18-19(16-25)23(33-14-5-21-30-11-4-12-31-21)26-22(20(18)17-32-24)28-8-6-27(7-9-28)10-13-29-3;1-23(2)14-17-18(15-24)22(32-13-4-20-29-11-12-30-20)25-21(19(17)16-31-23)27-7-5-26(6-8-27)9-10-28-3/h4-7H,8-16,18H2,1-3H3;4-6,15H,7-14,16,18H2,1-3H3;21H,4-15,17H2,1-3H3;20H,4-14,16H2,1-3H3. The summed E-state index contributed by atoms with van der Waals surface area (Å²) in [5.74, 6) is 8.37. The molecule has 14 heterocycles. The molecule has 6 aromatic rings. The minimum atomic E-state index is -0.312. The summed E-state index contributed by atoms with van der Waals surface area (Å²) in [6.45, 7) is 44.2. The van der Waals surface area contributed by atoms with Crippen molar-refractivity contribution in [3.05, 3.63) is 125 Å². The largest absolute Gasteiger partial charge is 0.493 e. The highest BCUT2D eigenvalue weighted by atomic mass is 35.5. The molecule has 0 unspecified atom stereocenters. The Hall–Kier alpha value is -6.86. The third kappa shape index (κ3) is 29.9. The van der Waals surface area contributed by atoms with Gasteiger partial charge in [-0.25, -0.2) is 19.9 Å². The fourth-order valence-electron chi connectivity index (χ4n) is 17.9. The molecule has 0 amide bonds. The third-order valence-corrected chi connectivity index (χ3v) is 29.8. The number of thioether (sulfide) groups is 4. The van der Waals surface area contributed by atoms with Gasteiger partial charge in [0.05, 0.1) is 137 Å². The zero-order valence-electron chi connectivity index (χ0n) is 80.9. The lowest BCUT2D eigenvalue weighted by atomic mass is 9.89. The molecule has 0 bridgehead atoms. The zero-order chi connectivity index (χ0) is 95.5. The molecule has 0 aliphatic carbocycles. The van der Waals surface area contributed by atoms with Crippen molar-refractivity contribution in [2.75, 3.05) is 268 Å². The maximum absolute atomic E-state index is 10.1. The Morgan fingerprint density at radius 1 is 0.356 bits per heavy atom. The molecule has 6 fully saturated rings. The van der Waals surface area contributed by atoms with Crippen LogP contribution in [0.25, 0.3) is 0 Å². The first-order valence-electron chi connectivity index (χ1n) is 47.3. The average molecular weight is 1970 g/mol. The molecular formula is C99H136Cl2N16O14S4. The van der Waals surface area contributed by atoms with Crippen LogP contribution in [0.2, 0.25) is 10.0 Å². The van der Waals surface area contributed by atoms with Crippen molar-refractivity contribution >= 4 is 93.5 Å². The second kappa shape index (κ2) is 51.5. The fraction of sp³-hybridized carbons (Fsp3) is 0.636. The van der Waals surface area contributed by atoms with E-state index in [-0.39, 0.29) is 35.0 Å². The van der Waals surface area contributed by atoms with Gasteiger partial charge in [-0.15, -0.1) is 47.0 Å². The van der Waals surface area contributed by atoms with Gasteiger partial charge in [-0.05, 0) is 127 Å². The number of halogens is 2. The molecular weight excluding hydrogens is 1840 g/mol. The number of methoxy groups -OCH3 is 4. The van der Waals surface area contributed by atoms with E-state index in [1.54, 1.807) is 81.6 Å². The SMILES string of the molecule is COCCN1CCN(c2nc(SCCC3OCCCO3)c(C#N)c3c2COC(C)(C)C3)CC1.COCCN1CCN(c2nc(SCCC3OCCO3)c(C#N)c3c2COC(C)(C)C3)CC1.COCCN1CCN(c2nc(SCCOc3ccc(Cl)cc3)c(C#N)c3c2COC(C)(C)C3)CC1.COCCN1CCN(c2nc(SCCOc3cccc(Cl)c3)c(C#N)c3c2COC(C)(C)C3)CC1. The van der Waals surface area contributed by atoms with Crippen molar-refractivity contribution < 1.29 is 66.3 Å². The normalized spacial score (nSPS) is 19.5. The molecule has 10 aliphatic rings. The predicted molar refractivity (Wildman–Crippen MR) is 530 cm³/mol. The monoisotopic (exact) mass is 1970 g/mol. The molecule has 16 rings (SSSR count). The van der Waals surface area contributed by atoms with Crippen LogP contribution in [0, 0.1) is 45.3 Å². The van der Waals surface area contributed by atoms with Crippen LogP contribution in [0.15, 0.2) is 68.6 Å². The summed E-state index contributed by atoms with van der Waals surface area (Å²) in [5.41, 5.74) is 10.2. The van der Waals surface area contributed by atoms with Gasteiger partial charge >= 0.3 is 0 Å². The van der Waals surface area contributed by atoms with Crippen LogP contribution in [0.4, 0.5) is 23.3 Å². The lowest BCUT2D eigenvalue weighted by Crippen LogP contribution is -2.48. The minimum Gasteiger partial charge on any atom is -0.493 e. The smallest absolute Gasteiger partial charge is 0.158 e. The highest BCUT2D eigenvalue weighted by molar-refractivity contribution is 8.00. The molecule has 0 saturated carbocycles. The highest BCUT2D eigenvalue weighted by Crippen LogP contribution is 2.45. The maximum Gasteiger partial charge on any atom is 0.158 e. The Morgan fingerprint density at radius 2 is 0.644 bits per heavy atom.